The van der Waals surface area contributed by atoms with Gasteiger partial charge in [0.15, 0.2) is 0 Å². The molecular weight excluding hydrogens is 236 g/mol. The normalized spacial score (nSPS) is 9.16. The molecule has 0 bridgehead atoms. The van der Waals surface area contributed by atoms with Gasteiger partial charge in [-0.05, 0) is 48.4 Å². The lowest BCUT2D eigenvalue weighted by Gasteiger charge is -2.02. The van der Waals surface area contributed by atoms with Crippen molar-refractivity contribution in [3.63, 3.8) is 0 Å². The summed E-state index contributed by atoms with van der Waals surface area (Å²) in [4.78, 5) is 10.2. The number of carbonyl (C=O) groups excluding carboxylic acids is 1. The third-order valence-corrected chi connectivity index (χ3v) is 2.26. The van der Waals surface area contributed by atoms with Gasteiger partial charge >= 0.3 is 0 Å². The summed E-state index contributed by atoms with van der Waals surface area (Å²) in [6.07, 6.45) is 1.80. The number of hydrogen-bond donors (Lipinski definition) is 0. The molecule has 0 saturated heterocycles. The van der Waals surface area contributed by atoms with Crippen LogP contribution in [0.4, 0.5) is 0 Å². The van der Waals surface area contributed by atoms with Crippen LogP contribution >= 0.6 is 0 Å². The second kappa shape index (κ2) is 7.17. The van der Waals surface area contributed by atoms with E-state index in [1.54, 1.807) is 12.1 Å². The van der Waals surface area contributed by atoms with Gasteiger partial charge in [-0.1, -0.05) is 36.4 Å². The molecule has 0 fully saturated rings. The fraction of sp³-hybridized carbons (Fsp3) is 0.118. The summed E-state index contributed by atoms with van der Waals surface area (Å²) < 4.78 is 4.77. The van der Waals surface area contributed by atoms with E-state index in [4.69, 9.17) is 4.74 Å². The van der Waals surface area contributed by atoms with Crippen LogP contribution in [0, 0.1) is 0 Å². The first-order chi connectivity index (χ1) is 9.06. The molecule has 0 atom stereocenters. The second-order valence-electron chi connectivity index (χ2n) is 4.39. The molecule has 0 N–H and O–H groups in total. The average molecular weight is 254 g/mol. The van der Waals surface area contributed by atoms with E-state index in [1.807, 2.05) is 44.2 Å². The number of allylic oxidation sites excluding steroid dienone is 1. The minimum Gasteiger partial charge on any atom is -0.429 e. The number of ether oxygens (including phenoxy) is 1. The molecule has 98 valence electrons. The fourth-order valence-electron chi connectivity index (χ4n) is 1.50. The van der Waals surface area contributed by atoms with E-state index >= 15 is 0 Å². The molecule has 0 spiro atoms. The molecule has 2 aromatic rings. The van der Waals surface area contributed by atoms with Crippen molar-refractivity contribution in [1.29, 1.82) is 0 Å². The monoisotopic (exact) mass is 254 g/mol. The first-order valence-corrected chi connectivity index (χ1v) is 5.95. The SMILES string of the molecule is C=C(C)C.C=Cc1ccc2cc(OC=O)ccc2c1. The summed E-state index contributed by atoms with van der Waals surface area (Å²) in [5.74, 6) is 0.559. The van der Waals surface area contributed by atoms with Crippen LogP contribution in [0.15, 0.2) is 55.1 Å². The van der Waals surface area contributed by atoms with Crippen LogP contribution in [-0.2, 0) is 4.79 Å². The summed E-state index contributed by atoms with van der Waals surface area (Å²) in [5.41, 5.74) is 2.24. The Morgan fingerprint density at radius 2 is 1.68 bits per heavy atom. The number of benzene rings is 2. The molecule has 2 aromatic carbocycles. The molecule has 2 nitrogen and oxygen atoms in total. The Labute approximate surface area is 114 Å². The molecule has 0 aromatic heterocycles. The van der Waals surface area contributed by atoms with Crippen molar-refractivity contribution in [1.82, 2.24) is 0 Å². The summed E-state index contributed by atoms with van der Waals surface area (Å²) in [7, 11) is 0. The van der Waals surface area contributed by atoms with Crippen LogP contribution in [0.25, 0.3) is 16.8 Å². The highest BCUT2D eigenvalue weighted by Crippen LogP contribution is 2.22. The Kier molecular flexibility index (Phi) is 5.55. The van der Waals surface area contributed by atoms with Crippen LogP contribution in [-0.4, -0.2) is 6.47 Å². The van der Waals surface area contributed by atoms with E-state index in [-0.39, 0.29) is 0 Å². The smallest absolute Gasteiger partial charge is 0.298 e. The summed E-state index contributed by atoms with van der Waals surface area (Å²) in [5, 5.41) is 2.14. The van der Waals surface area contributed by atoms with Crippen molar-refractivity contribution < 1.29 is 9.53 Å². The molecule has 0 unspecified atom stereocenters. The zero-order valence-electron chi connectivity index (χ0n) is 11.3. The van der Waals surface area contributed by atoms with Gasteiger partial charge in [0.1, 0.15) is 5.75 Å². The molecule has 19 heavy (non-hydrogen) atoms. The molecule has 0 amide bonds. The Bertz CT molecular complexity index is 593. The van der Waals surface area contributed by atoms with Gasteiger partial charge in [0.2, 0.25) is 0 Å². The first kappa shape index (κ1) is 14.7. The topological polar surface area (TPSA) is 26.3 Å². The Hall–Kier alpha value is -2.35. The van der Waals surface area contributed by atoms with Gasteiger partial charge in [0.05, 0.1) is 0 Å². The van der Waals surface area contributed by atoms with E-state index in [0.29, 0.717) is 12.2 Å². The van der Waals surface area contributed by atoms with Crippen molar-refractivity contribution in [2.45, 2.75) is 13.8 Å². The highest BCUT2D eigenvalue weighted by atomic mass is 16.5. The Morgan fingerprint density at radius 1 is 1.11 bits per heavy atom. The van der Waals surface area contributed by atoms with Crippen molar-refractivity contribution in [2.24, 2.45) is 0 Å². The molecule has 0 radical (unpaired) electrons. The van der Waals surface area contributed by atoms with Gasteiger partial charge in [0, 0.05) is 0 Å². The van der Waals surface area contributed by atoms with Crippen molar-refractivity contribution >= 4 is 23.3 Å². The predicted molar refractivity (Wildman–Crippen MR) is 81.2 cm³/mol. The van der Waals surface area contributed by atoms with Crippen LogP contribution in [0.1, 0.15) is 19.4 Å². The predicted octanol–water partition coefficient (Wildman–Crippen LogP) is 4.60. The molecule has 0 heterocycles. The first-order valence-electron chi connectivity index (χ1n) is 5.95. The van der Waals surface area contributed by atoms with E-state index < -0.39 is 0 Å². The maximum atomic E-state index is 10.2. The quantitative estimate of drug-likeness (QED) is 0.591. The largest absolute Gasteiger partial charge is 0.429 e. The molecule has 0 aliphatic rings. The fourth-order valence-corrected chi connectivity index (χ4v) is 1.50. The van der Waals surface area contributed by atoms with Crippen LogP contribution in [0.2, 0.25) is 0 Å². The van der Waals surface area contributed by atoms with E-state index in [1.165, 1.54) is 5.57 Å². The molecule has 0 aliphatic heterocycles. The standard InChI is InChI=1S/C13H10O2.C4H8/c1-2-10-3-4-12-8-13(15-9-14)6-5-11(12)7-10;1-4(2)3/h2-9H,1H2;1H2,2-3H3. The Morgan fingerprint density at radius 3 is 2.26 bits per heavy atom. The highest BCUT2D eigenvalue weighted by Gasteiger charge is 1.97. The zero-order valence-corrected chi connectivity index (χ0v) is 11.3. The number of carbonyl (C=O) groups is 1. The van der Waals surface area contributed by atoms with E-state index in [9.17, 15) is 4.79 Å². The van der Waals surface area contributed by atoms with Crippen LogP contribution in [0.5, 0.6) is 5.75 Å². The summed E-state index contributed by atoms with van der Waals surface area (Å²) in [6, 6.07) is 11.5. The number of fused-ring (bicyclic) bond motifs is 1. The van der Waals surface area contributed by atoms with Crippen LogP contribution in [0.3, 0.4) is 0 Å². The van der Waals surface area contributed by atoms with Gasteiger partial charge in [0.25, 0.3) is 6.47 Å². The third-order valence-electron chi connectivity index (χ3n) is 2.26. The number of rotatable bonds is 3. The average Bonchev–Trinajstić information content (AvgIpc) is 2.38. The molecular formula is C17H18O2. The summed E-state index contributed by atoms with van der Waals surface area (Å²) >= 11 is 0. The Balaban J connectivity index is 0.000000399. The second-order valence-corrected chi connectivity index (χ2v) is 4.39. The lowest BCUT2D eigenvalue weighted by molar-refractivity contribution is -0.120. The van der Waals surface area contributed by atoms with Gasteiger partial charge in [-0.15, -0.1) is 6.58 Å². The van der Waals surface area contributed by atoms with Crippen molar-refractivity contribution in [3.05, 3.63) is 60.7 Å². The highest BCUT2D eigenvalue weighted by molar-refractivity contribution is 5.86. The van der Waals surface area contributed by atoms with Crippen LogP contribution < -0.4 is 4.74 Å². The van der Waals surface area contributed by atoms with Gasteiger partial charge in [-0.2, -0.15) is 0 Å². The molecule has 0 saturated carbocycles. The van der Waals surface area contributed by atoms with Crippen molar-refractivity contribution in [3.8, 4) is 5.75 Å². The minimum absolute atomic E-state index is 0.430. The van der Waals surface area contributed by atoms with Gasteiger partial charge < -0.3 is 4.74 Å². The zero-order chi connectivity index (χ0) is 14.3. The minimum atomic E-state index is 0.430. The van der Waals surface area contributed by atoms with Gasteiger partial charge in [-0.25, -0.2) is 0 Å². The molecule has 2 rings (SSSR count). The third kappa shape index (κ3) is 4.80. The van der Waals surface area contributed by atoms with Gasteiger partial charge in [-0.3, -0.25) is 4.79 Å². The van der Waals surface area contributed by atoms with E-state index in [2.05, 4.69) is 13.2 Å². The number of hydrogen-bond acceptors (Lipinski definition) is 2. The summed E-state index contributed by atoms with van der Waals surface area (Å²) in [6.45, 7) is 11.6. The maximum absolute atomic E-state index is 10.2. The van der Waals surface area contributed by atoms with E-state index in [0.717, 1.165) is 16.3 Å². The molecule has 0 aliphatic carbocycles. The maximum Gasteiger partial charge on any atom is 0.298 e. The lowest BCUT2D eigenvalue weighted by Crippen LogP contribution is -1.87. The lowest BCUT2D eigenvalue weighted by atomic mass is 10.1. The van der Waals surface area contributed by atoms with Crippen molar-refractivity contribution in [2.75, 3.05) is 0 Å². The molecule has 2 heteroatoms.